The number of benzene rings is 1. The van der Waals surface area contributed by atoms with Gasteiger partial charge in [0.1, 0.15) is 11.4 Å². The van der Waals surface area contributed by atoms with Crippen molar-refractivity contribution in [2.24, 2.45) is 5.92 Å². The molecular weight excluding hydrogens is 251 g/mol. The lowest BCUT2D eigenvalue weighted by atomic mass is 9.99. The number of carbonyl (C=O) groups is 1. The molecular formula is C13H17FN2O3. The molecule has 0 bridgehead atoms. The number of carboxylic acids is 1. The van der Waals surface area contributed by atoms with Gasteiger partial charge in [-0.2, -0.15) is 0 Å². The van der Waals surface area contributed by atoms with Crippen LogP contribution in [0.1, 0.15) is 23.7 Å². The van der Waals surface area contributed by atoms with Gasteiger partial charge in [0.05, 0.1) is 18.0 Å². The van der Waals surface area contributed by atoms with Gasteiger partial charge in [-0.3, -0.25) is 0 Å². The van der Waals surface area contributed by atoms with E-state index >= 15 is 0 Å². The monoisotopic (exact) mass is 268 g/mol. The van der Waals surface area contributed by atoms with Crippen LogP contribution in [-0.2, 0) is 4.74 Å². The Morgan fingerprint density at radius 1 is 1.63 bits per heavy atom. The van der Waals surface area contributed by atoms with Gasteiger partial charge < -0.3 is 20.9 Å². The second kappa shape index (κ2) is 5.44. The number of halogens is 1. The Morgan fingerprint density at radius 2 is 2.37 bits per heavy atom. The number of nitrogen functional groups attached to an aromatic ring is 1. The number of hydrogen-bond donors (Lipinski definition) is 3. The van der Waals surface area contributed by atoms with Crippen LogP contribution in [-0.4, -0.2) is 30.3 Å². The zero-order valence-corrected chi connectivity index (χ0v) is 10.6. The van der Waals surface area contributed by atoms with Crippen LogP contribution in [0, 0.1) is 11.7 Å². The molecule has 2 rings (SSSR count). The molecule has 0 amide bonds. The molecule has 5 nitrogen and oxygen atoms in total. The highest BCUT2D eigenvalue weighted by molar-refractivity contribution is 6.00. The summed E-state index contributed by atoms with van der Waals surface area (Å²) in [7, 11) is 0. The number of anilines is 2. The number of nitrogens with one attached hydrogen (secondary N) is 1. The molecule has 1 aliphatic heterocycles. The highest BCUT2D eigenvalue weighted by atomic mass is 19.1. The van der Waals surface area contributed by atoms with Gasteiger partial charge in [0.15, 0.2) is 0 Å². The van der Waals surface area contributed by atoms with E-state index in [9.17, 15) is 9.18 Å². The van der Waals surface area contributed by atoms with Gasteiger partial charge >= 0.3 is 5.97 Å². The highest BCUT2D eigenvalue weighted by Crippen LogP contribution is 2.28. The Kier molecular flexibility index (Phi) is 3.90. The van der Waals surface area contributed by atoms with Crippen LogP contribution in [0.2, 0.25) is 0 Å². The summed E-state index contributed by atoms with van der Waals surface area (Å²) in [4.78, 5) is 11.2. The largest absolute Gasteiger partial charge is 0.478 e. The minimum absolute atomic E-state index is 0.0328. The fraction of sp³-hybridized carbons (Fsp3) is 0.462. The van der Waals surface area contributed by atoms with E-state index in [1.807, 2.05) is 6.92 Å². The molecule has 6 heteroatoms. The van der Waals surface area contributed by atoms with Crippen molar-refractivity contribution in [1.29, 1.82) is 0 Å². The number of hydrogen-bond acceptors (Lipinski definition) is 4. The SMILES string of the molecule is CC(Nc1ccc(F)c(N)c1C(=O)O)C1CCOC1. The number of carboxylic acid groups (broad SMARTS) is 1. The van der Waals surface area contributed by atoms with Crippen LogP contribution in [0.15, 0.2) is 12.1 Å². The summed E-state index contributed by atoms with van der Waals surface area (Å²) < 4.78 is 18.6. The van der Waals surface area contributed by atoms with E-state index in [0.29, 0.717) is 24.8 Å². The average molecular weight is 268 g/mol. The molecule has 1 aromatic carbocycles. The van der Waals surface area contributed by atoms with Crippen LogP contribution in [0.4, 0.5) is 15.8 Å². The van der Waals surface area contributed by atoms with Crippen molar-refractivity contribution in [2.75, 3.05) is 24.3 Å². The van der Waals surface area contributed by atoms with E-state index in [1.165, 1.54) is 12.1 Å². The van der Waals surface area contributed by atoms with Gasteiger partial charge in [-0.05, 0) is 25.5 Å². The predicted molar refractivity (Wildman–Crippen MR) is 69.8 cm³/mol. The number of nitrogens with two attached hydrogens (primary N) is 1. The van der Waals surface area contributed by atoms with Crippen LogP contribution in [0.5, 0.6) is 0 Å². The molecule has 0 aliphatic carbocycles. The first-order valence-corrected chi connectivity index (χ1v) is 6.16. The number of aromatic carboxylic acids is 1. The summed E-state index contributed by atoms with van der Waals surface area (Å²) in [5.41, 5.74) is 5.27. The third-order valence-electron chi connectivity index (χ3n) is 3.46. The molecule has 1 saturated heterocycles. The maximum Gasteiger partial charge on any atom is 0.340 e. The zero-order chi connectivity index (χ0) is 14.0. The third-order valence-corrected chi connectivity index (χ3v) is 3.46. The van der Waals surface area contributed by atoms with Gasteiger partial charge in [0, 0.05) is 18.6 Å². The molecule has 0 radical (unpaired) electrons. The van der Waals surface area contributed by atoms with Crippen molar-refractivity contribution in [2.45, 2.75) is 19.4 Å². The second-order valence-corrected chi connectivity index (χ2v) is 4.75. The molecule has 2 unspecified atom stereocenters. The van der Waals surface area contributed by atoms with Crippen molar-refractivity contribution < 1.29 is 19.0 Å². The predicted octanol–water partition coefficient (Wildman–Crippen LogP) is 1.94. The quantitative estimate of drug-likeness (QED) is 0.727. The molecule has 2 atom stereocenters. The van der Waals surface area contributed by atoms with Gasteiger partial charge in [-0.15, -0.1) is 0 Å². The number of ether oxygens (including phenoxy) is 1. The molecule has 0 saturated carbocycles. The van der Waals surface area contributed by atoms with Gasteiger partial charge in [-0.1, -0.05) is 0 Å². The first-order chi connectivity index (χ1) is 9.00. The lowest BCUT2D eigenvalue weighted by Gasteiger charge is -2.22. The molecule has 1 heterocycles. The molecule has 4 N–H and O–H groups in total. The van der Waals surface area contributed by atoms with Gasteiger partial charge in [0.25, 0.3) is 0 Å². The summed E-state index contributed by atoms with van der Waals surface area (Å²) in [6, 6.07) is 2.61. The first kappa shape index (κ1) is 13.6. The van der Waals surface area contributed by atoms with E-state index in [0.717, 1.165) is 6.42 Å². The molecule has 1 aromatic rings. The minimum atomic E-state index is -1.24. The average Bonchev–Trinajstić information content (AvgIpc) is 2.87. The third kappa shape index (κ3) is 2.78. The Balaban J connectivity index is 2.24. The second-order valence-electron chi connectivity index (χ2n) is 4.75. The van der Waals surface area contributed by atoms with E-state index < -0.39 is 11.8 Å². The summed E-state index contributed by atoms with van der Waals surface area (Å²) in [5, 5.41) is 12.2. The smallest absolute Gasteiger partial charge is 0.340 e. The zero-order valence-electron chi connectivity index (χ0n) is 10.6. The van der Waals surface area contributed by atoms with E-state index in [4.69, 9.17) is 15.6 Å². The summed E-state index contributed by atoms with van der Waals surface area (Å²) >= 11 is 0. The van der Waals surface area contributed by atoms with Crippen LogP contribution >= 0.6 is 0 Å². The maximum absolute atomic E-state index is 13.3. The molecule has 104 valence electrons. The summed E-state index contributed by atoms with van der Waals surface area (Å²) in [6.07, 6.45) is 0.924. The standard InChI is InChI=1S/C13H17FN2O3/c1-7(8-4-5-19-6-8)16-10-3-2-9(14)12(15)11(10)13(17)18/h2-3,7-8,16H,4-6,15H2,1H3,(H,17,18). The lowest BCUT2D eigenvalue weighted by Crippen LogP contribution is -2.27. The van der Waals surface area contributed by atoms with Crippen molar-refractivity contribution in [3.63, 3.8) is 0 Å². The van der Waals surface area contributed by atoms with Crippen LogP contribution in [0.3, 0.4) is 0 Å². The summed E-state index contributed by atoms with van der Waals surface area (Å²) in [5.74, 6) is -1.65. The molecule has 0 aromatic heterocycles. The topological polar surface area (TPSA) is 84.6 Å². The van der Waals surface area contributed by atoms with Crippen molar-refractivity contribution >= 4 is 17.3 Å². The minimum Gasteiger partial charge on any atom is -0.478 e. The first-order valence-electron chi connectivity index (χ1n) is 6.16. The van der Waals surface area contributed by atoms with Crippen molar-refractivity contribution in [3.05, 3.63) is 23.5 Å². The van der Waals surface area contributed by atoms with Gasteiger partial charge in [0.2, 0.25) is 0 Å². The summed E-state index contributed by atoms with van der Waals surface area (Å²) in [6.45, 7) is 3.31. The fourth-order valence-electron chi connectivity index (χ4n) is 2.26. The van der Waals surface area contributed by atoms with E-state index in [2.05, 4.69) is 5.32 Å². The van der Waals surface area contributed by atoms with Crippen molar-refractivity contribution in [1.82, 2.24) is 0 Å². The van der Waals surface area contributed by atoms with Crippen LogP contribution < -0.4 is 11.1 Å². The maximum atomic E-state index is 13.3. The Labute approximate surface area is 110 Å². The lowest BCUT2D eigenvalue weighted by molar-refractivity contribution is 0.0698. The van der Waals surface area contributed by atoms with Crippen molar-refractivity contribution in [3.8, 4) is 0 Å². The molecule has 0 spiro atoms. The van der Waals surface area contributed by atoms with E-state index in [1.54, 1.807) is 0 Å². The van der Waals surface area contributed by atoms with Crippen LogP contribution in [0.25, 0.3) is 0 Å². The number of rotatable bonds is 4. The molecule has 1 aliphatic rings. The Hall–Kier alpha value is -1.82. The molecule has 1 fully saturated rings. The van der Waals surface area contributed by atoms with E-state index in [-0.39, 0.29) is 17.3 Å². The fourth-order valence-corrected chi connectivity index (χ4v) is 2.26. The Morgan fingerprint density at radius 3 is 2.95 bits per heavy atom. The van der Waals surface area contributed by atoms with Gasteiger partial charge in [-0.25, -0.2) is 9.18 Å². The normalized spacial score (nSPS) is 20.2. The molecule has 19 heavy (non-hydrogen) atoms. The Bertz CT molecular complexity index is 487. The highest BCUT2D eigenvalue weighted by Gasteiger charge is 2.24.